The second kappa shape index (κ2) is 5.03. The van der Waals surface area contributed by atoms with E-state index in [9.17, 15) is 5.26 Å². The summed E-state index contributed by atoms with van der Waals surface area (Å²) in [6, 6.07) is 4.22. The van der Waals surface area contributed by atoms with E-state index in [0.717, 1.165) is 24.5 Å². The summed E-state index contributed by atoms with van der Waals surface area (Å²) < 4.78 is 1.41. The number of hydrogen-bond donors (Lipinski definition) is 3. The summed E-state index contributed by atoms with van der Waals surface area (Å²) in [6.07, 6.45) is 0. The number of aryl methyl sites for hydroxylation is 2. The third-order valence-corrected chi connectivity index (χ3v) is 3.32. The molecule has 0 spiro atoms. The van der Waals surface area contributed by atoms with E-state index in [1.54, 1.807) is 0 Å². The number of nitrogens with zero attached hydrogens (tertiary/aromatic N) is 5. The quantitative estimate of drug-likeness (QED) is 0.732. The number of aromatic nitrogens is 4. The lowest BCUT2D eigenvalue weighted by Gasteiger charge is -2.27. The molecule has 2 aromatic rings. The highest BCUT2D eigenvalue weighted by Crippen LogP contribution is 2.24. The van der Waals surface area contributed by atoms with E-state index in [1.807, 2.05) is 19.9 Å². The monoisotopic (exact) mass is 284 g/mol. The molecule has 8 heteroatoms. The molecule has 1 fully saturated rings. The Balaban J connectivity index is 2.04. The van der Waals surface area contributed by atoms with Crippen LogP contribution in [0.5, 0.6) is 0 Å². The highest BCUT2D eigenvalue weighted by molar-refractivity contribution is 5.65. The molecular weight excluding hydrogens is 268 g/mol. The summed E-state index contributed by atoms with van der Waals surface area (Å²) in [6.45, 7) is 5.44. The highest BCUT2D eigenvalue weighted by Gasteiger charge is 2.23. The van der Waals surface area contributed by atoms with Crippen LogP contribution in [0.15, 0.2) is 6.07 Å². The fourth-order valence-electron chi connectivity index (χ4n) is 2.18. The topological polar surface area (TPSA) is 117 Å². The zero-order valence-corrected chi connectivity index (χ0v) is 11.9. The third kappa shape index (κ3) is 2.39. The van der Waals surface area contributed by atoms with Crippen molar-refractivity contribution in [2.45, 2.75) is 19.9 Å². The van der Waals surface area contributed by atoms with Crippen molar-refractivity contribution < 1.29 is 0 Å². The molecule has 2 aromatic heterocycles. The van der Waals surface area contributed by atoms with E-state index in [0.29, 0.717) is 17.3 Å². The van der Waals surface area contributed by atoms with Gasteiger partial charge in [0.1, 0.15) is 11.6 Å². The van der Waals surface area contributed by atoms with Crippen molar-refractivity contribution in [3.8, 4) is 12.0 Å². The molecule has 21 heavy (non-hydrogen) atoms. The van der Waals surface area contributed by atoms with Crippen LogP contribution in [0.1, 0.15) is 17.0 Å². The Morgan fingerprint density at radius 1 is 1.38 bits per heavy atom. The molecule has 1 aliphatic heterocycles. The molecule has 3 heterocycles. The van der Waals surface area contributed by atoms with Crippen LogP contribution in [0.25, 0.3) is 5.95 Å². The van der Waals surface area contributed by atoms with Crippen LogP contribution < -0.4 is 16.4 Å². The molecule has 1 saturated heterocycles. The first-order chi connectivity index (χ1) is 10.1. The molecule has 3 rings (SSSR count). The van der Waals surface area contributed by atoms with E-state index in [4.69, 9.17) is 5.73 Å². The molecule has 0 bridgehead atoms. The number of nitrogen functional groups attached to an aromatic ring is 1. The number of nitrogens with two attached hydrogens (primary N) is 1. The Bertz CT molecular complexity index is 702. The minimum atomic E-state index is 0.247. The van der Waals surface area contributed by atoms with Gasteiger partial charge in [-0.15, -0.1) is 5.10 Å². The van der Waals surface area contributed by atoms with Gasteiger partial charge in [0.2, 0.25) is 0 Å². The van der Waals surface area contributed by atoms with Crippen LogP contribution in [0.2, 0.25) is 0 Å². The van der Waals surface area contributed by atoms with Gasteiger partial charge < -0.3 is 16.4 Å². The van der Waals surface area contributed by atoms with E-state index < -0.39 is 0 Å². The predicted molar refractivity (Wildman–Crippen MR) is 78.0 cm³/mol. The maximum atomic E-state index is 9.29. The maximum Gasteiger partial charge on any atom is 0.253 e. The van der Waals surface area contributed by atoms with Crippen LogP contribution in [-0.4, -0.2) is 38.9 Å². The Morgan fingerprint density at radius 3 is 2.57 bits per heavy atom. The summed E-state index contributed by atoms with van der Waals surface area (Å²) in [5.41, 5.74) is 7.99. The lowest BCUT2D eigenvalue weighted by molar-refractivity contribution is 0.470. The number of hydrogen-bond acceptors (Lipinski definition) is 7. The van der Waals surface area contributed by atoms with Gasteiger partial charge in [-0.3, -0.25) is 0 Å². The van der Waals surface area contributed by atoms with Gasteiger partial charge in [0.15, 0.2) is 11.6 Å². The summed E-state index contributed by atoms with van der Waals surface area (Å²) >= 11 is 0. The molecular formula is C13H16N8. The normalized spacial score (nSPS) is 14.5. The molecule has 0 aliphatic carbocycles. The lowest BCUT2D eigenvalue weighted by atomic mass is 10.2. The molecule has 1 aliphatic rings. The van der Waals surface area contributed by atoms with Crippen molar-refractivity contribution in [1.29, 1.82) is 5.26 Å². The predicted octanol–water partition coefficient (Wildman–Crippen LogP) is 0.117. The number of anilines is 2. The smallest absolute Gasteiger partial charge is 0.253 e. The Morgan fingerprint density at radius 2 is 2.05 bits per heavy atom. The first-order valence-corrected chi connectivity index (χ1v) is 6.67. The molecule has 0 atom stereocenters. The van der Waals surface area contributed by atoms with Gasteiger partial charge in [0.05, 0.1) is 6.04 Å². The SMILES string of the molecule is Cc1cc(C)nc(-n2nc(NC3CNC3)c(C#N)c2N)n1. The second-order valence-electron chi connectivity index (χ2n) is 5.08. The van der Waals surface area contributed by atoms with Crippen molar-refractivity contribution in [3.05, 3.63) is 23.0 Å². The number of nitriles is 1. The van der Waals surface area contributed by atoms with Gasteiger partial charge >= 0.3 is 0 Å². The van der Waals surface area contributed by atoms with Crippen LogP contribution in [0.4, 0.5) is 11.6 Å². The van der Waals surface area contributed by atoms with Gasteiger partial charge in [-0.1, -0.05) is 0 Å². The number of rotatable bonds is 3. The first-order valence-electron chi connectivity index (χ1n) is 6.67. The average molecular weight is 284 g/mol. The fourth-order valence-corrected chi connectivity index (χ4v) is 2.18. The lowest BCUT2D eigenvalue weighted by Crippen LogP contribution is -2.51. The van der Waals surface area contributed by atoms with E-state index in [-0.39, 0.29) is 11.9 Å². The Hall–Kier alpha value is -2.66. The Labute approximate surface area is 122 Å². The minimum absolute atomic E-state index is 0.247. The molecule has 0 radical (unpaired) electrons. The molecule has 0 aromatic carbocycles. The standard InChI is InChI=1S/C13H16N8/c1-7-3-8(2)18-13(17-7)21-11(15)10(4-14)12(20-21)19-9-5-16-6-9/h3,9,16H,5-6,15H2,1-2H3,(H,19,20). The average Bonchev–Trinajstić information content (AvgIpc) is 2.69. The van der Waals surface area contributed by atoms with E-state index in [2.05, 4.69) is 31.8 Å². The molecule has 0 saturated carbocycles. The van der Waals surface area contributed by atoms with E-state index in [1.165, 1.54) is 4.68 Å². The fraction of sp³-hybridized carbons (Fsp3) is 0.385. The number of nitrogens with one attached hydrogen (secondary N) is 2. The second-order valence-corrected chi connectivity index (χ2v) is 5.08. The van der Waals surface area contributed by atoms with Crippen LogP contribution in [0, 0.1) is 25.2 Å². The Kier molecular flexibility index (Phi) is 3.19. The van der Waals surface area contributed by atoms with Crippen molar-refractivity contribution in [2.24, 2.45) is 0 Å². The highest BCUT2D eigenvalue weighted by atomic mass is 15.4. The van der Waals surface area contributed by atoms with Crippen molar-refractivity contribution in [3.63, 3.8) is 0 Å². The van der Waals surface area contributed by atoms with Gasteiger partial charge in [-0.2, -0.15) is 9.94 Å². The van der Waals surface area contributed by atoms with E-state index >= 15 is 0 Å². The van der Waals surface area contributed by atoms with Gasteiger partial charge in [0.25, 0.3) is 5.95 Å². The summed E-state index contributed by atoms with van der Waals surface area (Å²) in [5, 5.41) is 20.0. The molecule has 0 unspecified atom stereocenters. The van der Waals surface area contributed by atoms with Gasteiger partial charge in [-0.25, -0.2) is 9.97 Å². The van der Waals surface area contributed by atoms with Crippen molar-refractivity contribution in [2.75, 3.05) is 24.1 Å². The summed E-state index contributed by atoms with van der Waals surface area (Å²) in [7, 11) is 0. The zero-order chi connectivity index (χ0) is 15.0. The zero-order valence-electron chi connectivity index (χ0n) is 11.9. The van der Waals surface area contributed by atoms with Crippen molar-refractivity contribution >= 4 is 11.6 Å². The largest absolute Gasteiger partial charge is 0.382 e. The van der Waals surface area contributed by atoms with Gasteiger partial charge in [-0.05, 0) is 19.9 Å². The van der Waals surface area contributed by atoms with Crippen LogP contribution in [0.3, 0.4) is 0 Å². The van der Waals surface area contributed by atoms with Crippen molar-refractivity contribution in [1.82, 2.24) is 25.1 Å². The molecule has 108 valence electrons. The third-order valence-electron chi connectivity index (χ3n) is 3.32. The molecule has 0 amide bonds. The first kappa shape index (κ1) is 13.3. The summed E-state index contributed by atoms with van der Waals surface area (Å²) in [4.78, 5) is 8.65. The maximum absolute atomic E-state index is 9.29. The minimum Gasteiger partial charge on any atom is -0.382 e. The van der Waals surface area contributed by atoms with Gasteiger partial charge in [0, 0.05) is 24.5 Å². The van der Waals surface area contributed by atoms with Crippen LogP contribution in [-0.2, 0) is 0 Å². The molecule has 8 nitrogen and oxygen atoms in total. The molecule has 4 N–H and O–H groups in total. The summed E-state index contributed by atoms with van der Waals surface area (Å²) in [5.74, 6) is 1.10. The van der Waals surface area contributed by atoms with Crippen LogP contribution >= 0.6 is 0 Å².